The average Bonchev–Trinajstić information content (AvgIpc) is 3.10. The van der Waals surface area contributed by atoms with Gasteiger partial charge in [0.25, 0.3) is 0 Å². The molecule has 2 saturated carbocycles. The molecule has 4 heteroatoms. The molecule has 0 radical (unpaired) electrons. The fourth-order valence-corrected chi connectivity index (χ4v) is 6.34. The number of methoxy groups -OCH3 is 1. The largest absolute Gasteiger partial charge is 0.496 e. The lowest BCUT2D eigenvalue weighted by Gasteiger charge is -2.45. The van der Waals surface area contributed by atoms with Crippen LogP contribution in [0.15, 0.2) is 48.7 Å². The number of allylic oxidation sites excluding steroid dienone is 1. The molecule has 3 aliphatic rings. The summed E-state index contributed by atoms with van der Waals surface area (Å²) in [4.78, 5) is 17.2. The number of pyridine rings is 1. The Labute approximate surface area is 184 Å². The van der Waals surface area contributed by atoms with E-state index in [-0.39, 0.29) is 18.0 Å². The van der Waals surface area contributed by atoms with E-state index in [1.54, 1.807) is 7.11 Å². The number of cyclic esters (lactones) is 1. The maximum absolute atomic E-state index is 12.5. The number of carbonyl (C=O) groups is 1. The number of benzene rings is 1. The molecule has 6 atom stereocenters. The van der Waals surface area contributed by atoms with Gasteiger partial charge in [0, 0.05) is 23.2 Å². The topological polar surface area (TPSA) is 48.4 Å². The third-order valence-corrected chi connectivity index (χ3v) is 7.77. The van der Waals surface area contributed by atoms with Gasteiger partial charge in [-0.2, -0.15) is 0 Å². The number of hydrogen-bond acceptors (Lipinski definition) is 4. The fraction of sp³-hybridized carbons (Fsp3) is 0.481. The molecule has 4 nitrogen and oxygen atoms in total. The first-order valence-corrected chi connectivity index (χ1v) is 11.6. The number of fused-ring (bicyclic) bond motifs is 2. The molecule has 2 heterocycles. The maximum atomic E-state index is 12.5. The van der Waals surface area contributed by atoms with Crippen LogP contribution in [0.3, 0.4) is 0 Å². The molecular formula is C27H31NO3. The molecule has 1 aromatic heterocycles. The molecule has 2 aliphatic carbocycles. The maximum Gasteiger partial charge on any atom is 0.309 e. The SMILES string of the molecule is COc1ccccc1-c1ccc(/C=C/[C@H]2[C@@H]3CCCC[C@H]3C[C@H]3C(=O)O[C@H](C)[C@@H]23)nc1. The summed E-state index contributed by atoms with van der Waals surface area (Å²) in [6.07, 6.45) is 12.6. The van der Waals surface area contributed by atoms with Crippen molar-refractivity contribution in [2.75, 3.05) is 7.11 Å². The van der Waals surface area contributed by atoms with Gasteiger partial charge in [0.2, 0.25) is 0 Å². The molecule has 0 unspecified atom stereocenters. The van der Waals surface area contributed by atoms with Crippen molar-refractivity contribution in [2.24, 2.45) is 29.6 Å². The summed E-state index contributed by atoms with van der Waals surface area (Å²) in [6, 6.07) is 12.2. The second-order valence-corrected chi connectivity index (χ2v) is 9.38. The predicted octanol–water partition coefficient (Wildman–Crippen LogP) is 5.77. The van der Waals surface area contributed by atoms with Crippen molar-refractivity contribution >= 4 is 12.0 Å². The van der Waals surface area contributed by atoms with Gasteiger partial charge < -0.3 is 9.47 Å². The summed E-state index contributed by atoms with van der Waals surface area (Å²) in [7, 11) is 1.69. The Balaban J connectivity index is 1.39. The Morgan fingerprint density at radius 1 is 1.13 bits per heavy atom. The van der Waals surface area contributed by atoms with Crippen LogP contribution in [0.2, 0.25) is 0 Å². The molecular weight excluding hydrogens is 386 g/mol. The lowest BCUT2D eigenvalue weighted by Crippen LogP contribution is -2.42. The van der Waals surface area contributed by atoms with Crippen molar-refractivity contribution in [3.63, 3.8) is 0 Å². The van der Waals surface area contributed by atoms with Crippen LogP contribution in [-0.4, -0.2) is 24.2 Å². The van der Waals surface area contributed by atoms with Crippen molar-refractivity contribution in [3.8, 4) is 16.9 Å². The highest BCUT2D eigenvalue weighted by Gasteiger charge is 2.53. The minimum atomic E-state index is 0.0101. The molecule has 5 rings (SSSR count). The van der Waals surface area contributed by atoms with Crippen molar-refractivity contribution in [2.45, 2.75) is 45.1 Å². The zero-order valence-corrected chi connectivity index (χ0v) is 18.4. The number of aromatic nitrogens is 1. The third-order valence-electron chi connectivity index (χ3n) is 7.77. The van der Waals surface area contributed by atoms with Crippen LogP contribution in [0.5, 0.6) is 5.75 Å². The molecule has 0 N–H and O–H groups in total. The molecule has 3 fully saturated rings. The van der Waals surface area contributed by atoms with Crippen LogP contribution in [0.4, 0.5) is 0 Å². The number of hydrogen-bond donors (Lipinski definition) is 0. The highest BCUT2D eigenvalue weighted by molar-refractivity contribution is 5.75. The number of para-hydroxylation sites is 1. The van der Waals surface area contributed by atoms with Crippen LogP contribution in [0.1, 0.15) is 44.7 Å². The van der Waals surface area contributed by atoms with Gasteiger partial charge in [0.15, 0.2) is 0 Å². The smallest absolute Gasteiger partial charge is 0.309 e. The Bertz CT molecular complexity index is 967. The first kappa shape index (κ1) is 20.3. The summed E-state index contributed by atoms with van der Waals surface area (Å²) in [5.74, 6) is 2.96. The van der Waals surface area contributed by atoms with Crippen LogP contribution >= 0.6 is 0 Å². The normalized spacial score (nSPS) is 32.4. The van der Waals surface area contributed by atoms with Crippen molar-refractivity contribution in [1.82, 2.24) is 4.98 Å². The first-order chi connectivity index (χ1) is 15.2. The predicted molar refractivity (Wildman–Crippen MR) is 121 cm³/mol. The molecule has 0 amide bonds. The Kier molecular flexibility index (Phi) is 5.56. The van der Waals surface area contributed by atoms with Crippen molar-refractivity contribution < 1.29 is 14.3 Å². The van der Waals surface area contributed by atoms with E-state index in [1.165, 1.54) is 25.7 Å². The molecule has 1 saturated heterocycles. The zero-order valence-electron chi connectivity index (χ0n) is 18.4. The Hall–Kier alpha value is -2.62. The number of ether oxygens (including phenoxy) is 2. The Morgan fingerprint density at radius 2 is 1.97 bits per heavy atom. The van der Waals surface area contributed by atoms with Gasteiger partial charge in [-0.3, -0.25) is 9.78 Å². The van der Waals surface area contributed by atoms with Gasteiger partial charge in [-0.05, 0) is 55.7 Å². The summed E-state index contributed by atoms with van der Waals surface area (Å²) in [6.45, 7) is 2.08. The second-order valence-electron chi connectivity index (χ2n) is 9.38. The molecule has 31 heavy (non-hydrogen) atoms. The average molecular weight is 418 g/mol. The number of nitrogens with zero attached hydrogens (tertiary/aromatic N) is 1. The van der Waals surface area contributed by atoms with Crippen LogP contribution in [0.25, 0.3) is 17.2 Å². The molecule has 1 aliphatic heterocycles. The highest BCUT2D eigenvalue weighted by atomic mass is 16.6. The van der Waals surface area contributed by atoms with E-state index in [9.17, 15) is 4.79 Å². The second kappa shape index (κ2) is 8.49. The van der Waals surface area contributed by atoms with Crippen molar-refractivity contribution in [1.29, 1.82) is 0 Å². The minimum absolute atomic E-state index is 0.0101. The summed E-state index contributed by atoms with van der Waals surface area (Å²) in [5, 5.41) is 0. The van der Waals surface area contributed by atoms with Gasteiger partial charge in [0.05, 0.1) is 18.7 Å². The standard InChI is InChI=1S/C27H31NO3/c1-17-26-23(21-8-4-3-7-18(21)15-24(26)27(29)31-17)14-13-20-12-11-19(16-28-20)22-9-5-6-10-25(22)30-2/h5-6,9-14,16-18,21,23-24,26H,3-4,7-8,15H2,1-2H3/b14-13+/t17-,18+,21-,23+,24-,26+/m1/s1. The van der Waals surface area contributed by atoms with E-state index in [2.05, 4.69) is 37.3 Å². The van der Waals surface area contributed by atoms with E-state index in [4.69, 9.17) is 14.5 Å². The van der Waals surface area contributed by atoms with Crippen LogP contribution in [-0.2, 0) is 9.53 Å². The lowest BCUT2D eigenvalue weighted by molar-refractivity contribution is -0.144. The first-order valence-electron chi connectivity index (χ1n) is 11.6. The molecule has 162 valence electrons. The van der Waals surface area contributed by atoms with Gasteiger partial charge >= 0.3 is 5.97 Å². The Morgan fingerprint density at radius 3 is 2.77 bits per heavy atom. The number of rotatable bonds is 4. The summed E-state index contributed by atoms with van der Waals surface area (Å²) in [5.41, 5.74) is 3.04. The fourth-order valence-electron chi connectivity index (χ4n) is 6.34. The summed E-state index contributed by atoms with van der Waals surface area (Å²) < 4.78 is 11.2. The molecule has 1 aromatic carbocycles. The monoisotopic (exact) mass is 417 g/mol. The van der Waals surface area contributed by atoms with Gasteiger partial charge in [0.1, 0.15) is 11.9 Å². The number of carbonyl (C=O) groups excluding carboxylic acids is 1. The van der Waals surface area contributed by atoms with Crippen LogP contribution < -0.4 is 4.74 Å². The third kappa shape index (κ3) is 3.77. The highest BCUT2D eigenvalue weighted by Crippen LogP contribution is 2.53. The zero-order chi connectivity index (χ0) is 21.4. The van der Waals surface area contributed by atoms with E-state index < -0.39 is 0 Å². The summed E-state index contributed by atoms with van der Waals surface area (Å²) >= 11 is 0. The van der Waals surface area contributed by atoms with Gasteiger partial charge in [-0.25, -0.2) is 0 Å². The van der Waals surface area contributed by atoms with Crippen molar-refractivity contribution in [3.05, 3.63) is 54.4 Å². The molecule has 2 aromatic rings. The number of esters is 1. The molecule has 0 bridgehead atoms. The van der Waals surface area contributed by atoms with E-state index in [0.29, 0.717) is 23.7 Å². The quantitative estimate of drug-likeness (QED) is 0.592. The van der Waals surface area contributed by atoms with Gasteiger partial charge in [-0.15, -0.1) is 0 Å². The van der Waals surface area contributed by atoms with E-state index >= 15 is 0 Å². The van der Waals surface area contributed by atoms with Gasteiger partial charge in [-0.1, -0.05) is 49.6 Å². The van der Waals surface area contributed by atoms with E-state index in [0.717, 1.165) is 29.0 Å². The van der Waals surface area contributed by atoms with E-state index in [1.807, 2.05) is 24.4 Å². The van der Waals surface area contributed by atoms with Crippen LogP contribution in [0, 0.1) is 29.6 Å². The molecule has 0 spiro atoms. The lowest BCUT2D eigenvalue weighted by atomic mass is 9.57. The minimum Gasteiger partial charge on any atom is -0.496 e.